The molecule has 0 aromatic heterocycles. The molecule has 3 aliphatic heterocycles. The van der Waals surface area contributed by atoms with Gasteiger partial charge in [-0.15, -0.1) is 0 Å². The highest BCUT2D eigenvalue weighted by Gasteiger charge is 2.35. The molecule has 3 fully saturated rings. The van der Waals surface area contributed by atoms with Gasteiger partial charge >= 0.3 is 0 Å². The summed E-state index contributed by atoms with van der Waals surface area (Å²) in [5.74, 6) is 1.12. The largest absolute Gasteiger partial charge is 0.496 e. The molecule has 1 atom stereocenters. The van der Waals surface area contributed by atoms with E-state index in [1.54, 1.807) is 7.11 Å². The quantitative estimate of drug-likeness (QED) is 0.834. The van der Waals surface area contributed by atoms with Gasteiger partial charge in [0.1, 0.15) is 5.75 Å². The number of hydrogen-bond acceptors (Lipinski definition) is 4. The summed E-state index contributed by atoms with van der Waals surface area (Å²) >= 11 is 3.47. The van der Waals surface area contributed by atoms with Crippen molar-refractivity contribution in [3.63, 3.8) is 0 Å². The fourth-order valence-corrected chi connectivity index (χ4v) is 3.65. The molecule has 20 heavy (non-hydrogen) atoms. The Labute approximate surface area is 127 Å². The lowest BCUT2D eigenvalue weighted by Crippen LogP contribution is -2.63. The van der Waals surface area contributed by atoms with E-state index in [-0.39, 0.29) is 6.04 Å². The van der Waals surface area contributed by atoms with Gasteiger partial charge in [-0.05, 0) is 33.6 Å². The number of rotatable bonds is 4. The van der Waals surface area contributed by atoms with Crippen molar-refractivity contribution >= 4 is 21.7 Å². The van der Waals surface area contributed by atoms with Crippen molar-refractivity contribution in [2.24, 2.45) is 0 Å². The Bertz CT molecular complexity index is 513. The Hall–Kier alpha value is -0.910. The maximum absolute atomic E-state index is 12.5. The SMILES string of the molecule is COc1ccc(CC(=O)C2CN3CCN2CC3)cc1Br. The number of methoxy groups -OCH3 is 1. The second kappa shape index (κ2) is 5.84. The van der Waals surface area contributed by atoms with E-state index >= 15 is 0 Å². The first-order chi connectivity index (χ1) is 9.67. The van der Waals surface area contributed by atoms with Gasteiger partial charge in [0.2, 0.25) is 0 Å². The number of carbonyl (C=O) groups excluding carboxylic acids is 1. The minimum Gasteiger partial charge on any atom is -0.496 e. The maximum Gasteiger partial charge on any atom is 0.155 e. The summed E-state index contributed by atoms with van der Waals surface area (Å²) in [6.45, 7) is 5.18. The molecular formula is C15H19BrN2O2. The molecule has 3 saturated heterocycles. The first-order valence-electron chi connectivity index (χ1n) is 6.99. The zero-order chi connectivity index (χ0) is 14.1. The highest BCUT2D eigenvalue weighted by Crippen LogP contribution is 2.26. The molecule has 4 rings (SSSR count). The van der Waals surface area contributed by atoms with Gasteiger partial charge in [0, 0.05) is 39.1 Å². The van der Waals surface area contributed by atoms with Crippen molar-refractivity contribution in [3.8, 4) is 5.75 Å². The highest BCUT2D eigenvalue weighted by atomic mass is 79.9. The number of nitrogens with zero attached hydrogens (tertiary/aromatic N) is 2. The minimum absolute atomic E-state index is 0.0818. The minimum atomic E-state index is 0.0818. The van der Waals surface area contributed by atoms with E-state index in [0.29, 0.717) is 12.2 Å². The number of benzene rings is 1. The Morgan fingerprint density at radius 1 is 1.35 bits per heavy atom. The Balaban J connectivity index is 1.68. The van der Waals surface area contributed by atoms with Crippen molar-refractivity contribution in [2.75, 3.05) is 39.8 Å². The molecule has 0 N–H and O–H groups in total. The van der Waals surface area contributed by atoms with Crippen molar-refractivity contribution in [2.45, 2.75) is 12.5 Å². The zero-order valence-corrected chi connectivity index (χ0v) is 13.2. The van der Waals surface area contributed by atoms with E-state index in [2.05, 4.69) is 25.7 Å². The zero-order valence-electron chi connectivity index (χ0n) is 11.6. The van der Waals surface area contributed by atoms with Crippen LogP contribution in [0.1, 0.15) is 5.56 Å². The van der Waals surface area contributed by atoms with E-state index in [4.69, 9.17) is 4.74 Å². The summed E-state index contributed by atoms with van der Waals surface area (Å²) in [6, 6.07) is 5.94. The van der Waals surface area contributed by atoms with E-state index in [1.807, 2.05) is 18.2 Å². The lowest BCUT2D eigenvalue weighted by molar-refractivity contribution is -0.128. The van der Waals surface area contributed by atoms with Crippen LogP contribution in [0.2, 0.25) is 0 Å². The normalized spacial score (nSPS) is 28.4. The van der Waals surface area contributed by atoms with Crippen LogP contribution in [0.15, 0.2) is 22.7 Å². The van der Waals surface area contributed by atoms with Crippen molar-refractivity contribution in [3.05, 3.63) is 28.2 Å². The summed E-state index contributed by atoms with van der Waals surface area (Å²) < 4.78 is 6.12. The molecule has 4 nitrogen and oxygen atoms in total. The molecular weight excluding hydrogens is 320 g/mol. The fourth-order valence-electron chi connectivity index (χ4n) is 3.06. The van der Waals surface area contributed by atoms with Crippen LogP contribution < -0.4 is 4.74 Å². The van der Waals surface area contributed by atoms with Crippen LogP contribution in [0, 0.1) is 0 Å². The van der Waals surface area contributed by atoms with Gasteiger partial charge in [-0.1, -0.05) is 6.07 Å². The van der Waals surface area contributed by atoms with Crippen LogP contribution in [0.3, 0.4) is 0 Å². The van der Waals surface area contributed by atoms with Gasteiger partial charge in [0.05, 0.1) is 17.6 Å². The summed E-state index contributed by atoms with van der Waals surface area (Å²) in [6.07, 6.45) is 0.498. The summed E-state index contributed by atoms with van der Waals surface area (Å²) in [5, 5.41) is 0. The standard InChI is InChI=1S/C15H19BrN2O2/c1-20-15-3-2-11(8-12(15)16)9-14(19)13-10-17-4-6-18(13)7-5-17/h2-3,8,13H,4-7,9-10H2,1H3. The number of piperazine rings is 3. The number of ether oxygens (including phenoxy) is 1. The lowest BCUT2D eigenvalue weighted by Gasteiger charge is -2.46. The van der Waals surface area contributed by atoms with Gasteiger partial charge in [-0.2, -0.15) is 0 Å². The van der Waals surface area contributed by atoms with Crippen molar-refractivity contribution in [1.82, 2.24) is 9.80 Å². The molecule has 1 unspecified atom stereocenters. The van der Waals surface area contributed by atoms with Gasteiger partial charge in [0.15, 0.2) is 5.78 Å². The van der Waals surface area contributed by atoms with Crippen LogP contribution in [-0.2, 0) is 11.2 Å². The first kappa shape index (κ1) is 14.0. The number of ketones is 1. The number of fused-ring (bicyclic) bond motifs is 3. The van der Waals surface area contributed by atoms with Crippen LogP contribution in [0.25, 0.3) is 0 Å². The number of hydrogen-bond donors (Lipinski definition) is 0. The average Bonchev–Trinajstić information content (AvgIpc) is 2.48. The smallest absolute Gasteiger partial charge is 0.155 e. The second-order valence-corrected chi connectivity index (χ2v) is 6.32. The third-order valence-electron chi connectivity index (χ3n) is 4.25. The van der Waals surface area contributed by atoms with E-state index in [0.717, 1.165) is 48.5 Å². The van der Waals surface area contributed by atoms with Crippen molar-refractivity contribution in [1.29, 1.82) is 0 Å². The summed E-state index contributed by atoms with van der Waals surface area (Å²) in [4.78, 5) is 17.2. The number of halogens is 1. The molecule has 0 spiro atoms. The van der Waals surface area contributed by atoms with Gasteiger partial charge in [0.25, 0.3) is 0 Å². The first-order valence-corrected chi connectivity index (χ1v) is 7.78. The van der Waals surface area contributed by atoms with Crippen LogP contribution in [0.5, 0.6) is 5.75 Å². The number of Topliss-reactive ketones (excluding diaryl/α,β-unsaturated/α-hetero) is 1. The van der Waals surface area contributed by atoms with Gasteiger partial charge in [-0.3, -0.25) is 14.6 Å². The molecule has 2 bridgehead atoms. The third kappa shape index (κ3) is 2.75. The average molecular weight is 339 g/mol. The van der Waals surface area contributed by atoms with E-state index in [9.17, 15) is 4.79 Å². The van der Waals surface area contributed by atoms with Crippen molar-refractivity contribution < 1.29 is 9.53 Å². The fraction of sp³-hybridized carbons (Fsp3) is 0.533. The predicted molar refractivity (Wildman–Crippen MR) is 81.2 cm³/mol. The Kier molecular flexibility index (Phi) is 4.10. The lowest BCUT2D eigenvalue weighted by atomic mass is 9.98. The Morgan fingerprint density at radius 3 is 2.65 bits per heavy atom. The summed E-state index contributed by atoms with van der Waals surface area (Å²) in [5.41, 5.74) is 1.04. The van der Waals surface area contributed by atoms with Crippen LogP contribution >= 0.6 is 15.9 Å². The molecule has 5 heteroatoms. The Morgan fingerprint density at radius 2 is 2.10 bits per heavy atom. The topological polar surface area (TPSA) is 32.8 Å². The molecule has 0 saturated carbocycles. The molecule has 3 heterocycles. The van der Waals surface area contributed by atoms with E-state index < -0.39 is 0 Å². The molecule has 0 amide bonds. The van der Waals surface area contributed by atoms with Gasteiger partial charge in [-0.25, -0.2) is 0 Å². The highest BCUT2D eigenvalue weighted by molar-refractivity contribution is 9.10. The molecule has 3 aliphatic rings. The maximum atomic E-state index is 12.5. The molecule has 0 aliphatic carbocycles. The van der Waals surface area contributed by atoms with Gasteiger partial charge < -0.3 is 4.74 Å². The molecule has 1 aromatic carbocycles. The number of carbonyl (C=O) groups is 1. The van der Waals surface area contributed by atoms with Crippen LogP contribution in [-0.4, -0.2) is 61.5 Å². The second-order valence-electron chi connectivity index (χ2n) is 5.46. The van der Waals surface area contributed by atoms with E-state index in [1.165, 1.54) is 0 Å². The monoisotopic (exact) mass is 338 g/mol. The molecule has 0 radical (unpaired) electrons. The molecule has 108 valence electrons. The van der Waals surface area contributed by atoms with Crippen LogP contribution in [0.4, 0.5) is 0 Å². The summed E-state index contributed by atoms with van der Waals surface area (Å²) in [7, 11) is 1.64. The predicted octanol–water partition coefficient (Wildman–Crippen LogP) is 1.57. The molecule has 1 aromatic rings. The third-order valence-corrected chi connectivity index (χ3v) is 4.86.